The van der Waals surface area contributed by atoms with E-state index in [0.29, 0.717) is 15.6 Å². The van der Waals surface area contributed by atoms with E-state index in [1.54, 1.807) is 5.38 Å². The second-order valence-corrected chi connectivity index (χ2v) is 6.86. The summed E-state index contributed by atoms with van der Waals surface area (Å²) in [5.74, 6) is -0.703. The predicted octanol–water partition coefficient (Wildman–Crippen LogP) is 3.38. The van der Waals surface area contributed by atoms with Gasteiger partial charge in [0.2, 0.25) is 5.91 Å². The predicted molar refractivity (Wildman–Crippen MR) is 105 cm³/mol. The number of hydrogen-bond donors (Lipinski definition) is 0. The van der Waals surface area contributed by atoms with Gasteiger partial charge in [-0.05, 0) is 24.1 Å². The van der Waals surface area contributed by atoms with Crippen molar-refractivity contribution in [2.45, 2.75) is 26.9 Å². The number of pyridine rings is 1. The first-order valence-corrected chi connectivity index (χ1v) is 9.56. The summed E-state index contributed by atoms with van der Waals surface area (Å²) in [6.07, 6.45) is 3.38. The van der Waals surface area contributed by atoms with Crippen molar-refractivity contribution in [2.24, 2.45) is 0 Å². The third-order valence-corrected chi connectivity index (χ3v) is 4.91. The van der Waals surface area contributed by atoms with Gasteiger partial charge in [0.1, 0.15) is 6.61 Å². The highest BCUT2D eigenvalue weighted by Crippen LogP contribution is 2.29. The van der Waals surface area contributed by atoms with E-state index in [0.717, 1.165) is 12.1 Å². The van der Waals surface area contributed by atoms with E-state index in [9.17, 15) is 14.8 Å². The normalized spacial score (nSPS) is 10.5. The summed E-state index contributed by atoms with van der Waals surface area (Å²) in [4.78, 5) is 30.2. The number of amides is 1. The minimum atomic E-state index is -0.547. The van der Waals surface area contributed by atoms with Crippen LogP contribution in [0.3, 0.4) is 0 Å². The van der Waals surface area contributed by atoms with Crippen LogP contribution in [-0.4, -0.2) is 16.9 Å². The van der Waals surface area contributed by atoms with Gasteiger partial charge in [-0.2, -0.15) is 4.73 Å². The Morgan fingerprint density at radius 1 is 1.18 bits per heavy atom. The number of carbonyl (C=O) groups is 2. The fraction of sp³-hybridized carbons (Fsp3) is 0.200. The number of carbonyl (C=O) groups excluding carboxylic acids is 2. The molecule has 0 fully saturated rings. The molecule has 0 spiro atoms. The highest BCUT2D eigenvalue weighted by Gasteiger charge is 2.18. The molecule has 0 bridgehead atoms. The van der Waals surface area contributed by atoms with Gasteiger partial charge in [0.25, 0.3) is 0 Å². The standard InChI is InChI=1S/C20H19N3O4S/c1-3-15-4-6-18(7-5-15)23(14(2)24)20-21-17(13-28-20)12-27-19(25)16-8-10-22(26)11-9-16/h4-11,13H,3,12H2,1-2H3. The van der Waals surface area contributed by atoms with Crippen LogP contribution in [-0.2, 0) is 22.6 Å². The van der Waals surface area contributed by atoms with Gasteiger partial charge in [0.15, 0.2) is 17.5 Å². The smallest absolute Gasteiger partial charge is 0.338 e. The summed E-state index contributed by atoms with van der Waals surface area (Å²) in [5, 5.41) is 13.3. The summed E-state index contributed by atoms with van der Waals surface area (Å²) in [6, 6.07) is 10.5. The molecule has 0 unspecified atom stereocenters. The summed E-state index contributed by atoms with van der Waals surface area (Å²) < 4.78 is 5.82. The number of nitrogens with zero attached hydrogens (tertiary/aromatic N) is 3. The number of esters is 1. The van der Waals surface area contributed by atoms with Crippen LogP contribution < -0.4 is 9.63 Å². The SMILES string of the molecule is CCc1ccc(N(C(C)=O)c2nc(COC(=O)c3cc[n+]([O-])cc3)cs2)cc1. The average molecular weight is 397 g/mol. The first-order chi connectivity index (χ1) is 13.5. The first-order valence-electron chi connectivity index (χ1n) is 8.68. The van der Waals surface area contributed by atoms with Gasteiger partial charge in [0, 0.05) is 24.4 Å². The van der Waals surface area contributed by atoms with Gasteiger partial charge in [-0.3, -0.25) is 9.69 Å². The number of thiazole rings is 1. The summed E-state index contributed by atoms with van der Waals surface area (Å²) in [6.45, 7) is 3.52. The zero-order valence-electron chi connectivity index (χ0n) is 15.5. The van der Waals surface area contributed by atoms with Crippen molar-refractivity contribution in [1.29, 1.82) is 0 Å². The third-order valence-electron chi connectivity index (χ3n) is 4.04. The maximum absolute atomic E-state index is 12.2. The molecule has 1 amide bonds. The monoisotopic (exact) mass is 397 g/mol. The molecule has 2 aromatic heterocycles. The van der Waals surface area contributed by atoms with Crippen LogP contribution in [0.5, 0.6) is 0 Å². The van der Waals surface area contributed by atoms with Crippen LogP contribution in [0.4, 0.5) is 10.8 Å². The number of aryl methyl sites for hydroxylation is 1. The van der Waals surface area contributed by atoms with E-state index < -0.39 is 5.97 Å². The fourth-order valence-corrected chi connectivity index (χ4v) is 3.42. The molecule has 0 aliphatic carbocycles. The van der Waals surface area contributed by atoms with Crippen molar-refractivity contribution in [3.63, 3.8) is 0 Å². The molecule has 3 rings (SSSR count). The van der Waals surface area contributed by atoms with Crippen LogP contribution in [0.1, 0.15) is 35.5 Å². The summed E-state index contributed by atoms with van der Waals surface area (Å²) in [5.41, 5.74) is 2.74. The largest absolute Gasteiger partial charge is 0.619 e. The fourth-order valence-electron chi connectivity index (χ4n) is 2.54. The summed E-state index contributed by atoms with van der Waals surface area (Å²) in [7, 11) is 0. The minimum absolute atomic E-state index is 0.0257. The molecule has 144 valence electrons. The Kier molecular flexibility index (Phi) is 6.00. The lowest BCUT2D eigenvalue weighted by molar-refractivity contribution is -0.605. The number of hydrogen-bond acceptors (Lipinski definition) is 6. The minimum Gasteiger partial charge on any atom is -0.619 e. The lowest BCUT2D eigenvalue weighted by atomic mass is 10.1. The Bertz CT molecular complexity index is 968. The third kappa shape index (κ3) is 4.52. The van der Waals surface area contributed by atoms with Crippen LogP contribution >= 0.6 is 11.3 Å². The molecule has 2 heterocycles. The van der Waals surface area contributed by atoms with Gasteiger partial charge >= 0.3 is 5.97 Å². The Balaban J connectivity index is 1.71. The highest BCUT2D eigenvalue weighted by atomic mass is 32.1. The first kappa shape index (κ1) is 19.5. The van der Waals surface area contributed by atoms with Crippen molar-refractivity contribution in [1.82, 2.24) is 4.98 Å². The van der Waals surface area contributed by atoms with E-state index in [-0.39, 0.29) is 18.1 Å². The second kappa shape index (κ2) is 8.62. The Hall–Kier alpha value is -3.26. The second-order valence-electron chi connectivity index (χ2n) is 6.02. The van der Waals surface area contributed by atoms with E-state index in [1.807, 2.05) is 24.3 Å². The Morgan fingerprint density at radius 2 is 1.86 bits per heavy atom. The summed E-state index contributed by atoms with van der Waals surface area (Å²) >= 11 is 1.30. The van der Waals surface area contributed by atoms with Crippen molar-refractivity contribution < 1.29 is 19.1 Å². The molecule has 0 N–H and O–H groups in total. The van der Waals surface area contributed by atoms with Gasteiger partial charge in [-0.15, -0.1) is 11.3 Å². The van der Waals surface area contributed by atoms with Crippen LogP contribution in [0, 0.1) is 5.21 Å². The zero-order valence-corrected chi connectivity index (χ0v) is 16.3. The van der Waals surface area contributed by atoms with E-state index in [2.05, 4.69) is 11.9 Å². The number of ether oxygens (including phenoxy) is 1. The van der Waals surface area contributed by atoms with Gasteiger partial charge < -0.3 is 9.94 Å². The molecular weight excluding hydrogens is 378 g/mol. The number of rotatable bonds is 6. The van der Waals surface area contributed by atoms with Crippen LogP contribution in [0.15, 0.2) is 54.2 Å². The van der Waals surface area contributed by atoms with Crippen molar-refractivity contribution in [3.05, 3.63) is 76.2 Å². The molecule has 7 nitrogen and oxygen atoms in total. The van der Waals surface area contributed by atoms with Gasteiger partial charge in [-0.25, -0.2) is 9.78 Å². The molecule has 0 aliphatic heterocycles. The van der Waals surface area contributed by atoms with Crippen LogP contribution in [0.25, 0.3) is 0 Å². The quantitative estimate of drug-likeness (QED) is 0.362. The van der Waals surface area contributed by atoms with Crippen LogP contribution in [0.2, 0.25) is 0 Å². The van der Waals surface area contributed by atoms with Crippen molar-refractivity contribution in [2.75, 3.05) is 4.90 Å². The van der Waals surface area contributed by atoms with E-state index in [1.165, 1.54) is 53.3 Å². The molecule has 1 aromatic carbocycles. The topological polar surface area (TPSA) is 86.4 Å². The zero-order chi connectivity index (χ0) is 20.1. The molecule has 3 aromatic rings. The Labute approximate surface area is 166 Å². The molecule has 0 aliphatic rings. The number of aromatic nitrogens is 2. The number of anilines is 2. The van der Waals surface area contributed by atoms with Gasteiger partial charge in [0.05, 0.1) is 16.9 Å². The molecular formula is C20H19N3O4S. The molecule has 28 heavy (non-hydrogen) atoms. The lowest BCUT2D eigenvalue weighted by Crippen LogP contribution is -2.24. The maximum Gasteiger partial charge on any atom is 0.338 e. The Morgan fingerprint density at radius 3 is 2.46 bits per heavy atom. The van der Waals surface area contributed by atoms with Gasteiger partial charge in [-0.1, -0.05) is 19.1 Å². The van der Waals surface area contributed by atoms with E-state index >= 15 is 0 Å². The van der Waals surface area contributed by atoms with Crippen molar-refractivity contribution >= 4 is 34.0 Å². The maximum atomic E-state index is 12.2. The van der Waals surface area contributed by atoms with E-state index in [4.69, 9.17) is 4.74 Å². The molecule has 0 saturated heterocycles. The molecule has 0 atom stereocenters. The molecule has 0 saturated carbocycles. The lowest BCUT2D eigenvalue weighted by Gasteiger charge is -2.18. The molecule has 8 heteroatoms. The molecule has 0 radical (unpaired) electrons. The highest BCUT2D eigenvalue weighted by molar-refractivity contribution is 7.14. The van der Waals surface area contributed by atoms with Crippen molar-refractivity contribution in [3.8, 4) is 0 Å². The number of benzene rings is 1. The average Bonchev–Trinajstić information content (AvgIpc) is 3.15.